The monoisotopic (exact) mass is 276 g/mol. The molecule has 4 nitrogen and oxygen atoms in total. The van der Waals surface area contributed by atoms with Gasteiger partial charge in [-0.15, -0.1) is 0 Å². The number of Topliss-reactive ketones (excluding diaryl/α,β-unsaturated/α-hetero) is 1. The summed E-state index contributed by atoms with van der Waals surface area (Å²) in [7, 11) is 1.60. The second-order valence-electron chi connectivity index (χ2n) is 5.60. The van der Waals surface area contributed by atoms with Gasteiger partial charge in [0.1, 0.15) is 17.1 Å². The molecule has 0 radical (unpaired) electrons. The molecule has 1 aromatic carbocycles. The normalized spacial score (nSPS) is 28.9. The van der Waals surface area contributed by atoms with Gasteiger partial charge in [0, 0.05) is 12.8 Å². The molecule has 3 rings (SSSR count). The summed E-state index contributed by atoms with van der Waals surface area (Å²) in [5.41, 5.74) is 0.256. The van der Waals surface area contributed by atoms with Gasteiger partial charge in [0.25, 0.3) is 0 Å². The van der Waals surface area contributed by atoms with Gasteiger partial charge >= 0.3 is 0 Å². The second-order valence-corrected chi connectivity index (χ2v) is 5.60. The summed E-state index contributed by atoms with van der Waals surface area (Å²) in [6.45, 7) is 2.77. The standard InChI is InChI=1S/C16H20O4/c1-3-11-9-16(6-7-19-11)10-14(17)13-8-12(18-2)4-5-15(13)20-16/h4-5,8,11H,3,6-7,9-10H2,1-2H3. The highest BCUT2D eigenvalue weighted by molar-refractivity contribution is 6.00. The Labute approximate surface area is 119 Å². The number of carbonyl (C=O) groups is 1. The van der Waals surface area contributed by atoms with Crippen LogP contribution in [0.1, 0.15) is 43.0 Å². The molecule has 0 saturated carbocycles. The number of hydrogen-bond acceptors (Lipinski definition) is 4. The third-order valence-electron chi connectivity index (χ3n) is 4.26. The van der Waals surface area contributed by atoms with Gasteiger partial charge in [-0.25, -0.2) is 0 Å². The van der Waals surface area contributed by atoms with Gasteiger partial charge in [-0.3, -0.25) is 4.79 Å². The number of ketones is 1. The zero-order valence-electron chi connectivity index (χ0n) is 12.0. The summed E-state index contributed by atoms with van der Waals surface area (Å²) < 4.78 is 17.1. The Bertz CT molecular complexity index is 525. The van der Waals surface area contributed by atoms with Crippen LogP contribution in [0, 0.1) is 0 Å². The molecule has 2 aliphatic rings. The van der Waals surface area contributed by atoms with Crippen molar-refractivity contribution in [2.75, 3.05) is 13.7 Å². The summed E-state index contributed by atoms with van der Waals surface area (Å²) in [6.07, 6.45) is 3.15. The minimum Gasteiger partial charge on any atom is -0.497 e. The van der Waals surface area contributed by atoms with E-state index in [1.807, 2.05) is 12.1 Å². The number of rotatable bonds is 2. The number of ether oxygens (including phenoxy) is 3. The van der Waals surface area contributed by atoms with Crippen LogP contribution in [-0.2, 0) is 4.74 Å². The Hall–Kier alpha value is -1.55. The van der Waals surface area contributed by atoms with Crippen LogP contribution in [0.5, 0.6) is 11.5 Å². The van der Waals surface area contributed by atoms with E-state index in [1.54, 1.807) is 13.2 Å². The van der Waals surface area contributed by atoms with Crippen molar-refractivity contribution in [2.24, 2.45) is 0 Å². The molecule has 20 heavy (non-hydrogen) atoms. The maximum absolute atomic E-state index is 12.4. The molecule has 0 bridgehead atoms. The molecule has 0 amide bonds. The molecule has 2 aliphatic heterocycles. The van der Waals surface area contributed by atoms with Crippen LogP contribution >= 0.6 is 0 Å². The third-order valence-corrected chi connectivity index (χ3v) is 4.26. The van der Waals surface area contributed by atoms with Crippen LogP contribution in [0.4, 0.5) is 0 Å². The quantitative estimate of drug-likeness (QED) is 0.833. The maximum atomic E-state index is 12.4. The molecular formula is C16H20O4. The van der Waals surface area contributed by atoms with Crippen molar-refractivity contribution < 1.29 is 19.0 Å². The van der Waals surface area contributed by atoms with Gasteiger partial charge in [-0.2, -0.15) is 0 Å². The van der Waals surface area contributed by atoms with Gasteiger partial charge in [0.05, 0.1) is 31.8 Å². The van der Waals surface area contributed by atoms with Crippen molar-refractivity contribution in [1.29, 1.82) is 0 Å². The Kier molecular flexibility index (Phi) is 3.42. The Morgan fingerprint density at radius 1 is 1.45 bits per heavy atom. The van der Waals surface area contributed by atoms with Crippen molar-refractivity contribution in [3.05, 3.63) is 23.8 Å². The van der Waals surface area contributed by atoms with Gasteiger partial charge in [0.2, 0.25) is 0 Å². The minimum atomic E-state index is -0.377. The first-order chi connectivity index (χ1) is 9.65. The first kappa shape index (κ1) is 13.4. The summed E-state index contributed by atoms with van der Waals surface area (Å²) in [4.78, 5) is 12.4. The van der Waals surface area contributed by atoms with Crippen molar-refractivity contribution in [3.63, 3.8) is 0 Å². The number of hydrogen-bond donors (Lipinski definition) is 0. The fourth-order valence-electron chi connectivity index (χ4n) is 3.10. The molecule has 1 spiro atoms. The Morgan fingerprint density at radius 3 is 3.05 bits per heavy atom. The summed E-state index contributed by atoms with van der Waals surface area (Å²) in [6, 6.07) is 5.44. The van der Waals surface area contributed by atoms with Crippen molar-refractivity contribution in [1.82, 2.24) is 0 Å². The third kappa shape index (κ3) is 2.29. The van der Waals surface area contributed by atoms with E-state index in [9.17, 15) is 4.79 Å². The van der Waals surface area contributed by atoms with Gasteiger partial charge in [-0.05, 0) is 24.6 Å². The highest BCUT2D eigenvalue weighted by Gasteiger charge is 2.44. The van der Waals surface area contributed by atoms with E-state index in [1.165, 1.54) is 0 Å². The van der Waals surface area contributed by atoms with Crippen molar-refractivity contribution in [3.8, 4) is 11.5 Å². The highest BCUT2D eigenvalue weighted by Crippen LogP contribution is 2.41. The van der Waals surface area contributed by atoms with Crippen LogP contribution in [0.15, 0.2) is 18.2 Å². The second kappa shape index (κ2) is 5.09. The largest absolute Gasteiger partial charge is 0.497 e. The molecule has 2 unspecified atom stereocenters. The number of fused-ring (bicyclic) bond motifs is 1. The average molecular weight is 276 g/mol. The summed E-state index contributed by atoms with van der Waals surface area (Å²) in [5, 5.41) is 0. The molecule has 2 heterocycles. The predicted octanol–water partition coefficient (Wildman–Crippen LogP) is 2.99. The molecule has 2 atom stereocenters. The van der Waals surface area contributed by atoms with Crippen LogP contribution in [0.25, 0.3) is 0 Å². The van der Waals surface area contributed by atoms with E-state index >= 15 is 0 Å². The Morgan fingerprint density at radius 2 is 2.30 bits per heavy atom. The molecule has 108 valence electrons. The fraction of sp³-hybridized carbons (Fsp3) is 0.562. The first-order valence-electron chi connectivity index (χ1n) is 7.17. The number of methoxy groups -OCH3 is 1. The van der Waals surface area contributed by atoms with E-state index in [4.69, 9.17) is 14.2 Å². The summed E-state index contributed by atoms with van der Waals surface area (Å²) in [5.74, 6) is 1.51. The lowest BCUT2D eigenvalue weighted by molar-refractivity contribution is -0.0922. The van der Waals surface area contributed by atoms with E-state index in [-0.39, 0.29) is 17.5 Å². The summed E-state index contributed by atoms with van der Waals surface area (Å²) >= 11 is 0. The fourth-order valence-corrected chi connectivity index (χ4v) is 3.10. The smallest absolute Gasteiger partial charge is 0.170 e. The van der Waals surface area contributed by atoms with Gasteiger partial charge < -0.3 is 14.2 Å². The molecule has 0 aliphatic carbocycles. The topological polar surface area (TPSA) is 44.8 Å². The molecule has 1 aromatic rings. The predicted molar refractivity (Wildman–Crippen MR) is 74.6 cm³/mol. The lowest BCUT2D eigenvalue weighted by Gasteiger charge is -2.43. The zero-order valence-corrected chi connectivity index (χ0v) is 12.0. The molecule has 4 heteroatoms. The SMILES string of the molecule is CCC1CC2(CCO1)CC(=O)c1cc(OC)ccc1O2. The maximum Gasteiger partial charge on any atom is 0.170 e. The van der Waals surface area contributed by atoms with E-state index in [0.717, 1.165) is 19.3 Å². The molecule has 0 N–H and O–H groups in total. The zero-order chi connectivity index (χ0) is 14.2. The van der Waals surface area contributed by atoms with Gasteiger partial charge in [0.15, 0.2) is 5.78 Å². The molecular weight excluding hydrogens is 256 g/mol. The average Bonchev–Trinajstić information content (AvgIpc) is 2.47. The van der Waals surface area contributed by atoms with E-state index in [2.05, 4.69) is 6.92 Å². The van der Waals surface area contributed by atoms with Crippen LogP contribution in [0.3, 0.4) is 0 Å². The van der Waals surface area contributed by atoms with Crippen LogP contribution in [0.2, 0.25) is 0 Å². The van der Waals surface area contributed by atoms with Crippen LogP contribution in [-0.4, -0.2) is 31.2 Å². The minimum absolute atomic E-state index is 0.141. The highest BCUT2D eigenvalue weighted by atomic mass is 16.5. The Balaban J connectivity index is 1.90. The van der Waals surface area contributed by atoms with Crippen LogP contribution < -0.4 is 9.47 Å². The van der Waals surface area contributed by atoms with E-state index in [0.29, 0.717) is 30.1 Å². The lowest BCUT2D eigenvalue weighted by Crippen LogP contribution is -2.49. The molecule has 1 fully saturated rings. The van der Waals surface area contributed by atoms with E-state index < -0.39 is 0 Å². The number of carbonyl (C=O) groups excluding carboxylic acids is 1. The molecule has 0 aromatic heterocycles. The van der Waals surface area contributed by atoms with Gasteiger partial charge in [-0.1, -0.05) is 6.92 Å². The lowest BCUT2D eigenvalue weighted by atomic mass is 9.81. The van der Waals surface area contributed by atoms with Crippen molar-refractivity contribution in [2.45, 2.75) is 44.3 Å². The van der Waals surface area contributed by atoms with Crippen molar-refractivity contribution >= 4 is 5.78 Å². The number of benzene rings is 1. The first-order valence-corrected chi connectivity index (χ1v) is 7.17. The molecule has 1 saturated heterocycles.